The third-order valence-electron chi connectivity index (χ3n) is 2.98. The van der Waals surface area contributed by atoms with Crippen LogP contribution >= 0.6 is 22.6 Å². The van der Waals surface area contributed by atoms with Gasteiger partial charge in [-0.1, -0.05) is 0 Å². The highest BCUT2D eigenvalue weighted by atomic mass is 127. The topological polar surface area (TPSA) is 46.3 Å². The number of halogens is 4. The minimum Gasteiger partial charge on any atom is -0.337 e. The smallest absolute Gasteiger partial charge is 0.337 e. The van der Waals surface area contributed by atoms with Crippen LogP contribution in [0.3, 0.4) is 0 Å². The van der Waals surface area contributed by atoms with Crippen LogP contribution < -0.4 is 5.73 Å². The number of benzene rings is 1. The average molecular weight is 384 g/mol. The number of likely N-dealkylation sites (tertiary alicyclic amines) is 1. The lowest BCUT2D eigenvalue weighted by atomic mass is 10.1. The van der Waals surface area contributed by atoms with Crippen molar-refractivity contribution in [1.29, 1.82) is 0 Å². The fourth-order valence-electron chi connectivity index (χ4n) is 2.03. The first-order valence-electron chi connectivity index (χ1n) is 5.70. The highest BCUT2D eigenvalue weighted by Gasteiger charge is 2.32. The molecule has 0 radical (unpaired) electrons. The van der Waals surface area contributed by atoms with Crippen LogP contribution in [0.4, 0.5) is 13.2 Å². The van der Waals surface area contributed by atoms with Gasteiger partial charge < -0.3 is 10.6 Å². The van der Waals surface area contributed by atoms with E-state index < -0.39 is 17.6 Å². The van der Waals surface area contributed by atoms with Crippen molar-refractivity contribution in [2.45, 2.75) is 18.6 Å². The molecular weight excluding hydrogens is 372 g/mol. The van der Waals surface area contributed by atoms with E-state index in [-0.39, 0.29) is 11.6 Å². The molecule has 0 aromatic heterocycles. The van der Waals surface area contributed by atoms with Crippen LogP contribution in [0, 0.1) is 3.57 Å². The zero-order valence-electron chi connectivity index (χ0n) is 9.88. The quantitative estimate of drug-likeness (QED) is 0.757. The lowest BCUT2D eigenvalue weighted by Gasteiger charge is -2.17. The summed E-state index contributed by atoms with van der Waals surface area (Å²) in [5, 5.41) is 0. The fraction of sp³-hybridized carbons (Fsp3) is 0.417. The highest BCUT2D eigenvalue weighted by molar-refractivity contribution is 14.1. The van der Waals surface area contributed by atoms with Crippen LogP contribution in [-0.4, -0.2) is 29.9 Å². The monoisotopic (exact) mass is 384 g/mol. The predicted octanol–water partition coefficient (Wildman–Crippen LogP) is 2.48. The molecule has 0 saturated carbocycles. The van der Waals surface area contributed by atoms with Gasteiger partial charge in [-0.25, -0.2) is 0 Å². The third kappa shape index (κ3) is 3.38. The van der Waals surface area contributed by atoms with Gasteiger partial charge in [0.15, 0.2) is 0 Å². The molecule has 1 aliphatic rings. The summed E-state index contributed by atoms with van der Waals surface area (Å²) in [6.07, 6.45) is -3.76. The summed E-state index contributed by atoms with van der Waals surface area (Å²) in [6.45, 7) is 0.887. The van der Waals surface area contributed by atoms with Crippen molar-refractivity contribution in [3.63, 3.8) is 0 Å². The maximum atomic E-state index is 12.7. The molecule has 0 spiro atoms. The molecule has 1 saturated heterocycles. The molecule has 1 heterocycles. The first-order valence-corrected chi connectivity index (χ1v) is 6.78. The molecule has 1 atom stereocenters. The number of alkyl halides is 3. The molecule has 3 nitrogen and oxygen atoms in total. The fourth-order valence-corrected chi connectivity index (χ4v) is 2.70. The van der Waals surface area contributed by atoms with Crippen molar-refractivity contribution in [1.82, 2.24) is 4.90 Å². The Morgan fingerprint density at radius 2 is 2.05 bits per heavy atom. The predicted molar refractivity (Wildman–Crippen MR) is 72.7 cm³/mol. The third-order valence-corrected chi connectivity index (χ3v) is 3.61. The molecule has 19 heavy (non-hydrogen) atoms. The maximum absolute atomic E-state index is 12.7. The number of hydrogen-bond donors (Lipinski definition) is 1. The van der Waals surface area contributed by atoms with Crippen molar-refractivity contribution >= 4 is 28.5 Å². The van der Waals surface area contributed by atoms with Gasteiger partial charge in [0.2, 0.25) is 0 Å². The molecule has 1 aromatic carbocycles. The Morgan fingerprint density at radius 1 is 1.37 bits per heavy atom. The number of nitrogens with zero attached hydrogens (tertiary/aromatic N) is 1. The standard InChI is InChI=1S/C12H12F3IN2O/c13-12(14,15)8-3-7(4-9(16)5-8)11(19)18-2-1-10(17)6-18/h3-5,10H,1-2,6,17H2/t10-/m1/s1. The van der Waals surface area contributed by atoms with Gasteiger partial charge in [0, 0.05) is 28.3 Å². The summed E-state index contributed by atoms with van der Waals surface area (Å²) >= 11 is 1.78. The summed E-state index contributed by atoms with van der Waals surface area (Å²) in [4.78, 5) is 13.6. The van der Waals surface area contributed by atoms with Crippen LogP contribution in [0.2, 0.25) is 0 Å². The molecular formula is C12H12F3IN2O. The van der Waals surface area contributed by atoms with E-state index >= 15 is 0 Å². The highest BCUT2D eigenvalue weighted by Crippen LogP contribution is 2.31. The van der Waals surface area contributed by atoms with Gasteiger partial charge in [-0.3, -0.25) is 4.79 Å². The summed E-state index contributed by atoms with van der Waals surface area (Å²) in [5.41, 5.74) is 4.96. The second-order valence-electron chi connectivity index (χ2n) is 4.53. The minimum absolute atomic E-state index is 0.0633. The van der Waals surface area contributed by atoms with Crippen LogP contribution in [-0.2, 0) is 6.18 Å². The molecule has 1 aromatic rings. The second kappa shape index (κ2) is 5.28. The van der Waals surface area contributed by atoms with Gasteiger partial charge in [-0.15, -0.1) is 0 Å². The largest absolute Gasteiger partial charge is 0.416 e. The molecule has 1 fully saturated rings. The van der Waals surface area contributed by atoms with Gasteiger partial charge in [-0.2, -0.15) is 13.2 Å². The van der Waals surface area contributed by atoms with E-state index in [1.165, 1.54) is 11.0 Å². The SMILES string of the molecule is N[C@@H]1CCN(C(=O)c2cc(I)cc(C(F)(F)F)c2)C1. The van der Waals surface area contributed by atoms with Gasteiger partial charge in [-0.05, 0) is 47.2 Å². The number of carbonyl (C=O) groups is 1. The van der Waals surface area contributed by atoms with E-state index in [2.05, 4.69) is 0 Å². The molecule has 1 amide bonds. The Morgan fingerprint density at radius 3 is 2.58 bits per heavy atom. The van der Waals surface area contributed by atoms with E-state index in [9.17, 15) is 18.0 Å². The number of carbonyl (C=O) groups excluding carboxylic acids is 1. The minimum atomic E-state index is -4.45. The van der Waals surface area contributed by atoms with Gasteiger partial charge in [0.1, 0.15) is 0 Å². The molecule has 0 bridgehead atoms. The summed E-state index contributed by atoms with van der Waals surface area (Å²) in [7, 11) is 0. The molecule has 7 heteroatoms. The Bertz CT molecular complexity index is 504. The van der Waals surface area contributed by atoms with Crippen molar-refractivity contribution in [3.8, 4) is 0 Å². The lowest BCUT2D eigenvalue weighted by molar-refractivity contribution is -0.137. The summed E-state index contributed by atoms with van der Waals surface area (Å²) in [5.74, 6) is -0.392. The van der Waals surface area contributed by atoms with Crippen LogP contribution in [0.15, 0.2) is 18.2 Å². The Balaban J connectivity index is 2.29. The van der Waals surface area contributed by atoms with Crippen molar-refractivity contribution in [2.75, 3.05) is 13.1 Å². The Kier molecular flexibility index (Phi) is 4.05. The number of nitrogens with two attached hydrogens (primary N) is 1. The molecule has 2 N–H and O–H groups in total. The van der Waals surface area contributed by atoms with Crippen LogP contribution in [0.5, 0.6) is 0 Å². The average Bonchev–Trinajstić information content (AvgIpc) is 2.73. The molecule has 2 rings (SSSR count). The molecule has 104 valence electrons. The van der Waals surface area contributed by atoms with Crippen LogP contribution in [0.1, 0.15) is 22.3 Å². The van der Waals surface area contributed by atoms with Gasteiger partial charge in [0.25, 0.3) is 5.91 Å². The Hall–Kier alpha value is -0.830. The first-order chi connectivity index (χ1) is 8.77. The molecule has 1 aliphatic heterocycles. The first kappa shape index (κ1) is 14.6. The van der Waals surface area contributed by atoms with Gasteiger partial charge in [0.05, 0.1) is 5.56 Å². The number of hydrogen-bond acceptors (Lipinski definition) is 2. The molecule has 0 unspecified atom stereocenters. The zero-order chi connectivity index (χ0) is 14.2. The second-order valence-corrected chi connectivity index (χ2v) is 5.77. The van der Waals surface area contributed by atoms with E-state index in [1.807, 2.05) is 0 Å². The number of amides is 1. The van der Waals surface area contributed by atoms with E-state index in [1.54, 1.807) is 22.6 Å². The van der Waals surface area contributed by atoms with E-state index in [0.29, 0.717) is 23.1 Å². The molecule has 0 aliphatic carbocycles. The summed E-state index contributed by atoms with van der Waals surface area (Å²) in [6, 6.07) is 3.29. The van der Waals surface area contributed by atoms with Crippen molar-refractivity contribution < 1.29 is 18.0 Å². The van der Waals surface area contributed by atoms with Gasteiger partial charge >= 0.3 is 6.18 Å². The van der Waals surface area contributed by atoms with Crippen LogP contribution in [0.25, 0.3) is 0 Å². The summed E-state index contributed by atoms with van der Waals surface area (Å²) < 4.78 is 38.5. The Labute approximate surface area is 122 Å². The van der Waals surface area contributed by atoms with E-state index in [0.717, 1.165) is 12.1 Å². The zero-order valence-corrected chi connectivity index (χ0v) is 12.0. The van der Waals surface area contributed by atoms with Crippen molar-refractivity contribution in [2.24, 2.45) is 5.73 Å². The number of rotatable bonds is 1. The van der Waals surface area contributed by atoms with E-state index in [4.69, 9.17) is 5.73 Å². The van der Waals surface area contributed by atoms with Crippen molar-refractivity contribution in [3.05, 3.63) is 32.9 Å². The normalized spacial score (nSPS) is 19.8. The lowest BCUT2D eigenvalue weighted by Crippen LogP contribution is -2.32. The maximum Gasteiger partial charge on any atom is 0.416 e.